The summed E-state index contributed by atoms with van der Waals surface area (Å²) in [6.07, 6.45) is 0. The summed E-state index contributed by atoms with van der Waals surface area (Å²) in [6, 6.07) is 15.9. The summed E-state index contributed by atoms with van der Waals surface area (Å²) in [5.74, 6) is 1.85. The van der Waals surface area contributed by atoms with Crippen LogP contribution in [0.2, 0.25) is 0 Å². The van der Waals surface area contributed by atoms with Gasteiger partial charge in [0.05, 0.1) is 5.75 Å². The van der Waals surface area contributed by atoms with E-state index in [9.17, 15) is 4.39 Å². The molecule has 7 nitrogen and oxygen atoms in total. The molecule has 0 atom stereocenters. The van der Waals surface area contributed by atoms with E-state index in [0.717, 1.165) is 5.69 Å². The minimum atomic E-state index is -0.422. The standard InChI is InChI=1S/C19H16FN5O2S/c1-13-21-18(27-24-13)12-28-19-23-22-17(25(19)14-7-3-2-4-8-14)11-26-16-10-6-5-9-15(16)20/h2-10H,11-12H2,1H3. The normalized spacial score (nSPS) is 10.9. The van der Waals surface area contributed by atoms with Crippen LogP contribution in [0, 0.1) is 12.7 Å². The van der Waals surface area contributed by atoms with E-state index in [1.165, 1.54) is 17.8 Å². The summed E-state index contributed by atoms with van der Waals surface area (Å²) in [7, 11) is 0. The first-order chi connectivity index (χ1) is 13.7. The largest absolute Gasteiger partial charge is 0.483 e. The third kappa shape index (κ3) is 4.04. The van der Waals surface area contributed by atoms with Crippen LogP contribution in [0.1, 0.15) is 17.5 Å². The highest BCUT2D eigenvalue weighted by atomic mass is 32.2. The van der Waals surface area contributed by atoms with Gasteiger partial charge in [0.25, 0.3) is 0 Å². The molecular formula is C19H16FN5O2S. The lowest BCUT2D eigenvalue weighted by Crippen LogP contribution is -2.07. The Balaban J connectivity index is 1.59. The Kier molecular flexibility index (Phi) is 5.34. The third-order valence-corrected chi connectivity index (χ3v) is 4.72. The quantitative estimate of drug-likeness (QED) is 0.437. The van der Waals surface area contributed by atoms with Crippen molar-refractivity contribution < 1.29 is 13.7 Å². The minimum Gasteiger partial charge on any atom is -0.483 e. The summed E-state index contributed by atoms with van der Waals surface area (Å²) in [4.78, 5) is 4.20. The molecule has 0 spiro atoms. The van der Waals surface area contributed by atoms with E-state index in [0.29, 0.717) is 28.4 Å². The highest BCUT2D eigenvalue weighted by Crippen LogP contribution is 2.26. The second-order valence-electron chi connectivity index (χ2n) is 5.81. The lowest BCUT2D eigenvalue weighted by Gasteiger charge is -2.11. The van der Waals surface area contributed by atoms with Gasteiger partial charge in [-0.25, -0.2) is 4.39 Å². The van der Waals surface area contributed by atoms with Crippen LogP contribution in [0.3, 0.4) is 0 Å². The summed E-state index contributed by atoms with van der Waals surface area (Å²) >= 11 is 1.42. The number of aromatic nitrogens is 5. The second kappa shape index (κ2) is 8.22. The average Bonchev–Trinajstić information content (AvgIpc) is 3.32. The Labute approximate surface area is 164 Å². The molecule has 9 heteroatoms. The molecule has 0 bridgehead atoms. The second-order valence-corrected chi connectivity index (χ2v) is 6.76. The van der Waals surface area contributed by atoms with Gasteiger partial charge in [-0.05, 0) is 31.2 Å². The van der Waals surface area contributed by atoms with Crippen LogP contribution in [0.25, 0.3) is 5.69 Å². The molecular weight excluding hydrogens is 381 g/mol. The zero-order valence-corrected chi connectivity index (χ0v) is 15.8. The van der Waals surface area contributed by atoms with Crippen LogP contribution < -0.4 is 4.74 Å². The Morgan fingerprint density at radius 3 is 2.61 bits per heavy atom. The monoisotopic (exact) mass is 397 g/mol. The van der Waals surface area contributed by atoms with Gasteiger partial charge in [0, 0.05) is 5.69 Å². The maximum atomic E-state index is 13.8. The number of aryl methyl sites for hydroxylation is 1. The van der Waals surface area contributed by atoms with Gasteiger partial charge in [0.2, 0.25) is 5.89 Å². The van der Waals surface area contributed by atoms with E-state index in [2.05, 4.69) is 20.3 Å². The molecule has 0 unspecified atom stereocenters. The van der Waals surface area contributed by atoms with Crippen molar-refractivity contribution in [3.8, 4) is 11.4 Å². The fourth-order valence-corrected chi connectivity index (χ4v) is 3.36. The Morgan fingerprint density at radius 2 is 1.86 bits per heavy atom. The number of halogens is 1. The van der Waals surface area contributed by atoms with E-state index < -0.39 is 5.82 Å². The molecule has 28 heavy (non-hydrogen) atoms. The number of hydrogen-bond donors (Lipinski definition) is 0. The number of nitrogens with zero attached hydrogens (tertiary/aromatic N) is 5. The SMILES string of the molecule is Cc1noc(CSc2nnc(COc3ccccc3F)n2-c2ccccc2)n1. The van der Waals surface area contributed by atoms with E-state index in [1.807, 2.05) is 34.9 Å². The predicted octanol–water partition coefficient (Wildman–Crippen LogP) is 3.97. The minimum absolute atomic E-state index is 0.0725. The zero-order chi connectivity index (χ0) is 19.3. The topological polar surface area (TPSA) is 78.9 Å². The van der Waals surface area contributed by atoms with Gasteiger partial charge in [-0.2, -0.15) is 4.98 Å². The first kappa shape index (κ1) is 18.2. The van der Waals surface area contributed by atoms with Crippen LogP contribution >= 0.6 is 11.8 Å². The number of rotatable bonds is 7. The van der Waals surface area contributed by atoms with Gasteiger partial charge in [0.15, 0.2) is 28.4 Å². The molecule has 2 heterocycles. The first-order valence-electron chi connectivity index (χ1n) is 8.50. The Morgan fingerprint density at radius 1 is 1.07 bits per heavy atom. The van der Waals surface area contributed by atoms with Crippen molar-refractivity contribution in [3.05, 3.63) is 78.0 Å². The molecule has 0 saturated carbocycles. The van der Waals surface area contributed by atoms with E-state index in [1.54, 1.807) is 25.1 Å². The molecule has 0 amide bonds. The fourth-order valence-electron chi connectivity index (χ4n) is 2.55. The maximum absolute atomic E-state index is 13.8. The van der Waals surface area contributed by atoms with Crippen molar-refractivity contribution in [1.82, 2.24) is 24.9 Å². The summed E-state index contributed by atoms with van der Waals surface area (Å²) < 4.78 is 26.5. The molecule has 0 aliphatic carbocycles. The number of thioether (sulfide) groups is 1. The Hall–Kier alpha value is -3.20. The van der Waals surface area contributed by atoms with E-state index >= 15 is 0 Å². The van der Waals surface area contributed by atoms with Crippen molar-refractivity contribution in [2.45, 2.75) is 24.4 Å². The molecule has 4 rings (SSSR count). The van der Waals surface area contributed by atoms with Crippen LogP contribution in [-0.2, 0) is 12.4 Å². The van der Waals surface area contributed by atoms with Gasteiger partial charge in [-0.1, -0.05) is 47.3 Å². The number of ether oxygens (including phenoxy) is 1. The Bertz CT molecular complexity index is 1070. The lowest BCUT2D eigenvalue weighted by molar-refractivity contribution is 0.278. The summed E-state index contributed by atoms with van der Waals surface area (Å²) in [5, 5.41) is 12.9. The van der Waals surface area contributed by atoms with Crippen molar-refractivity contribution in [2.75, 3.05) is 0 Å². The van der Waals surface area contributed by atoms with Crippen LogP contribution in [0.5, 0.6) is 5.75 Å². The summed E-state index contributed by atoms with van der Waals surface area (Å²) in [6.45, 7) is 1.84. The number of hydrogen-bond acceptors (Lipinski definition) is 7. The van der Waals surface area contributed by atoms with Gasteiger partial charge < -0.3 is 9.26 Å². The molecule has 0 N–H and O–H groups in total. The molecule has 2 aromatic carbocycles. The summed E-state index contributed by atoms with van der Waals surface area (Å²) in [5.41, 5.74) is 0.879. The highest BCUT2D eigenvalue weighted by molar-refractivity contribution is 7.98. The molecule has 4 aromatic rings. The van der Waals surface area contributed by atoms with Gasteiger partial charge in [-0.15, -0.1) is 10.2 Å². The van der Waals surface area contributed by atoms with Crippen LogP contribution in [0.4, 0.5) is 4.39 Å². The molecule has 0 saturated heterocycles. The van der Waals surface area contributed by atoms with Crippen LogP contribution in [0.15, 0.2) is 64.3 Å². The molecule has 142 valence electrons. The number of para-hydroxylation sites is 2. The third-order valence-electron chi connectivity index (χ3n) is 3.80. The number of benzene rings is 2. The van der Waals surface area contributed by atoms with Crippen molar-refractivity contribution in [2.24, 2.45) is 0 Å². The highest BCUT2D eigenvalue weighted by Gasteiger charge is 2.17. The molecule has 2 aromatic heterocycles. The zero-order valence-electron chi connectivity index (χ0n) is 14.9. The molecule has 0 fully saturated rings. The van der Waals surface area contributed by atoms with Crippen LogP contribution in [-0.4, -0.2) is 24.9 Å². The first-order valence-corrected chi connectivity index (χ1v) is 9.48. The smallest absolute Gasteiger partial charge is 0.237 e. The van der Waals surface area contributed by atoms with Gasteiger partial charge in [0.1, 0.15) is 6.61 Å². The predicted molar refractivity (Wildman–Crippen MR) is 101 cm³/mol. The van der Waals surface area contributed by atoms with Crippen molar-refractivity contribution >= 4 is 11.8 Å². The van der Waals surface area contributed by atoms with Gasteiger partial charge in [-0.3, -0.25) is 4.57 Å². The average molecular weight is 397 g/mol. The van der Waals surface area contributed by atoms with E-state index in [4.69, 9.17) is 9.26 Å². The molecule has 0 radical (unpaired) electrons. The van der Waals surface area contributed by atoms with E-state index in [-0.39, 0.29) is 12.4 Å². The van der Waals surface area contributed by atoms with Gasteiger partial charge >= 0.3 is 0 Å². The molecule has 0 aliphatic rings. The lowest BCUT2D eigenvalue weighted by atomic mass is 10.3. The maximum Gasteiger partial charge on any atom is 0.237 e. The molecule has 0 aliphatic heterocycles. The van der Waals surface area contributed by atoms with Crippen molar-refractivity contribution in [3.63, 3.8) is 0 Å². The van der Waals surface area contributed by atoms with Crippen molar-refractivity contribution in [1.29, 1.82) is 0 Å². The fraction of sp³-hybridized carbons (Fsp3) is 0.158.